The van der Waals surface area contributed by atoms with Crippen LogP contribution >= 0.6 is 0 Å². The quantitative estimate of drug-likeness (QED) is 0.382. The molecule has 0 fully saturated rings. The van der Waals surface area contributed by atoms with Gasteiger partial charge in [0.1, 0.15) is 5.69 Å². The third-order valence-electron chi connectivity index (χ3n) is 4.78. The number of unbranched alkanes of at least 4 members (excludes halogenated alkanes) is 1. The summed E-state index contributed by atoms with van der Waals surface area (Å²) >= 11 is 0. The monoisotopic (exact) mass is 427 g/mol. The van der Waals surface area contributed by atoms with Gasteiger partial charge in [-0.25, -0.2) is 9.78 Å². The van der Waals surface area contributed by atoms with E-state index >= 15 is 0 Å². The van der Waals surface area contributed by atoms with E-state index in [2.05, 4.69) is 20.7 Å². The van der Waals surface area contributed by atoms with Crippen LogP contribution in [0.4, 0.5) is 10.7 Å². The van der Waals surface area contributed by atoms with Gasteiger partial charge in [0.15, 0.2) is 0 Å². The van der Waals surface area contributed by atoms with Crippen molar-refractivity contribution in [2.45, 2.75) is 39.8 Å². The number of nitrogens with two attached hydrogens (primary N) is 1. The fraction of sp³-hybridized carbons (Fsp3) is 0.350. The molecule has 3 aromatic rings. The van der Waals surface area contributed by atoms with E-state index < -0.39 is 12.0 Å². The Balaban J connectivity index is 1.89. The molecule has 0 saturated carbocycles. The van der Waals surface area contributed by atoms with Gasteiger partial charge >= 0.3 is 6.09 Å². The van der Waals surface area contributed by atoms with Crippen molar-refractivity contribution in [3.63, 3.8) is 0 Å². The van der Waals surface area contributed by atoms with Crippen LogP contribution in [0.15, 0.2) is 24.3 Å². The number of amides is 3. The molecule has 3 rings (SSSR count). The third-order valence-corrected chi connectivity index (χ3v) is 4.78. The molecule has 0 aliphatic carbocycles. The molecule has 2 aromatic heterocycles. The Morgan fingerprint density at radius 2 is 1.97 bits per heavy atom. The predicted octanol–water partition coefficient (Wildman–Crippen LogP) is 1.96. The predicted molar refractivity (Wildman–Crippen MR) is 114 cm³/mol. The molecular weight excluding hydrogens is 402 g/mol. The lowest BCUT2D eigenvalue weighted by Gasteiger charge is -2.11. The Labute approximate surface area is 178 Å². The Morgan fingerprint density at radius 1 is 1.19 bits per heavy atom. The van der Waals surface area contributed by atoms with Gasteiger partial charge in [-0.15, -0.1) is 0 Å². The third kappa shape index (κ3) is 5.00. The fourth-order valence-corrected chi connectivity index (χ4v) is 3.33. The lowest BCUT2D eigenvalue weighted by atomic mass is 10.2. The number of primary amides is 1. The average Bonchev–Trinajstić information content (AvgIpc) is 3.26. The first kappa shape index (κ1) is 21.8. The number of carbonyl (C=O) groups excluding carboxylic acids is 2. The van der Waals surface area contributed by atoms with Gasteiger partial charge in [0.05, 0.1) is 16.7 Å². The number of hydrogen-bond acceptors (Lipinski definition) is 5. The van der Waals surface area contributed by atoms with E-state index in [0.29, 0.717) is 55.2 Å². The van der Waals surface area contributed by atoms with Crippen molar-refractivity contribution in [2.75, 3.05) is 11.9 Å². The number of fused-ring (bicyclic) bond motifs is 1. The summed E-state index contributed by atoms with van der Waals surface area (Å²) in [7, 11) is 0. The highest BCUT2D eigenvalue weighted by molar-refractivity contribution is 6.03. The number of nitrogens with one attached hydrogen (secondary N) is 2. The molecule has 2 heterocycles. The number of imidazole rings is 1. The highest BCUT2D eigenvalue weighted by Gasteiger charge is 2.18. The summed E-state index contributed by atoms with van der Waals surface area (Å²) in [6, 6.07) is 6.62. The molecule has 0 atom stereocenters. The van der Waals surface area contributed by atoms with Gasteiger partial charge < -0.3 is 20.7 Å². The van der Waals surface area contributed by atoms with E-state index in [0.717, 1.165) is 11.2 Å². The number of aryl methyl sites for hydroxylation is 3. The Bertz CT molecular complexity index is 1130. The van der Waals surface area contributed by atoms with Crippen molar-refractivity contribution in [3.8, 4) is 0 Å². The first-order chi connectivity index (χ1) is 14.8. The van der Waals surface area contributed by atoms with Gasteiger partial charge in [0.25, 0.3) is 5.91 Å². The van der Waals surface area contributed by atoms with Crippen molar-refractivity contribution in [1.82, 2.24) is 24.6 Å². The van der Waals surface area contributed by atoms with Crippen LogP contribution in [-0.2, 0) is 13.1 Å². The maximum Gasteiger partial charge on any atom is 0.404 e. The van der Waals surface area contributed by atoms with E-state index in [1.165, 1.54) is 0 Å². The fourth-order valence-electron chi connectivity index (χ4n) is 3.33. The number of nitrogens with zero attached hydrogens (tertiary/aromatic N) is 4. The van der Waals surface area contributed by atoms with Gasteiger partial charge in [-0.2, -0.15) is 5.10 Å². The maximum atomic E-state index is 12.9. The molecule has 164 valence electrons. The molecule has 0 radical (unpaired) electrons. The summed E-state index contributed by atoms with van der Waals surface area (Å²) in [6.45, 7) is 5.08. The normalized spacial score (nSPS) is 10.9. The smallest absolute Gasteiger partial charge is 0.404 e. The molecular formula is C20H25N7O4. The summed E-state index contributed by atoms with van der Waals surface area (Å²) in [4.78, 5) is 39.5. The molecule has 0 saturated heterocycles. The van der Waals surface area contributed by atoms with Crippen LogP contribution in [0, 0.1) is 6.92 Å². The van der Waals surface area contributed by atoms with E-state index in [1.54, 1.807) is 28.9 Å². The van der Waals surface area contributed by atoms with Crippen molar-refractivity contribution < 1.29 is 19.5 Å². The molecule has 3 amide bonds. The minimum Gasteiger partial charge on any atom is -0.465 e. The molecule has 1 aromatic carbocycles. The number of benzene rings is 1. The number of aromatic nitrogens is 4. The molecule has 11 heteroatoms. The molecule has 0 aliphatic heterocycles. The van der Waals surface area contributed by atoms with Crippen molar-refractivity contribution in [2.24, 2.45) is 5.73 Å². The second kappa shape index (κ2) is 9.28. The SMILES string of the molecule is CCn1nc(C)cc1C(=O)Nc1nc2cc(C(N)=O)ccc2n1CCCCNC(=O)O. The van der Waals surface area contributed by atoms with Crippen LogP contribution in [0.25, 0.3) is 11.0 Å². The molecule has 0 aliphatic rings. The van der Waals surface area contributed by atoms with Crippen LogP contribution in [0.3, 0.4) is 0 Å². The van der Waals surface area contributed by atoms with Crippen LogP contribution < -0.4 is 16.4 Å². The average molecular weight is 427 g/mol. The lowest BCUT2D eigenvalue weighted by molar-refractivity contribution is 0.0996. The highest BCUT2D eigenvalue weighted by atomic mass is 16.4. The molecule has 0 bridgehead atoms. The van der Waals surface area contributed by atoms with Gasteiger partial charge in [-0.3, -0.25) is 19.6 Å². The zero-order valence-electron chi connectivity index (χ0n) is 17.4. The summed E-state index contributed by atoms with van der Waals surface area (Å²) in [6.07, 6.45) is 0.196. The summed E-state index contributed by atoms with van der Waals surface area (Å²) in [5.74, 6) is -0.583. The zero-order valence-corrected chi connectivity index (χ0v) is 17.4. The summed E-state index contributed by atoms with van der Waals surface area (Å²) in [5.41, 5.74) is 8.09. The van der Waals surface area contributed by atoms with E-state index in [9.17, 15) is 14.4 Å². The highest BCUT2D eigenvalue weighted by Crippen LogP contribution is 2.22. The minimum atomic E-state index is -1.07. The Morgan fingerprint density at radius 3 is 2.65 bits per heavy atom. The largest absolute Gasteiger partial charge is 0.465 e. The number of anilines is 1. The number of carbonyl (C=O) groups is 3. The van der Waals surface area contributed by atoms with E-state index in [-0.39, 0.29) is 5.91 Å². The van der Waals surface area contributed by atoms with Gasteiger partial charge in [0.2, 0.25) is 11.9 Å². The molecule has 0 unspecified atom stereocenters. The Hall–Kier alpha value is -3.89. The standard InChI is InChI=1S/C20H25N7O4/c1-3-27-16(10-12(2)25-27)18(29)24-19-23-14-11-13(17(21)28)6-7-15(14)26(19)9-5-4-8-22-20(30)31/h6-7,10-11,22H,3-5,8-9H2,1-2H3,(H2,21,28)(H,30,31)(H,23,24,29). The number of rotatable bonds is 9. The maximum absolute atomic E-state index is 12.9. The van der Waals surface area contributed by atoms with Gasteiger partial charge in [-0.1, -0.05) is 0 Å². The molecule has 31 heavy (non-hydrogen) atoms. The summed E-state index contributed by atoms with van der Waals surface area (Å²) < 4.78 is 3.44. The molecule has 5 N–H and O–H groups in total. The van der Waals surface area contributed by atoms with Gasteiger partial charge in [0, 0.05) is 25.2 Å². The minimum absolute atomic E-state index is 0.320. The second-order valence-electron chi connectivity index (χ2n) is 7.03. The van der Waals surface area contributed by atoms with Crippen molar-refractivity contribution >= 4 is 34.9 Å². The second-order valence-corrected chi connectivity index (χ2v) is 7.03. The first-order valence-corrected chi connectivity index (χ1v) is 9.92. The van der Waals surface area contributed by atoms with Crippen LogP contribution in [0.1, 0.15) is 46.3 Å². The molecule has 0 spiro atoms. The Kier molecular flexibility index (Phi) is 6.53. The number of carboxylic acid groups (broad SMARTS) is 1. The van der Waals surface area contributed by atoms with E-state index in [1.807, 2.05) is 18.4 Å². The van der Waals surface area contributed by atoms with E-state index in [4.69, 9.17) is 10.8 Å². The van der Waals surface area contributed by atoms with Crippen molar-refractivity contribution in [3.05, 3.63) is 41.2 Å². The van der Waals surface area contributed by atoms with Crippen LogP contribution in [0.2, 0.25) is 0 Å². The topological polar surface area (TPSA) is 157 Å². The zero-order chi connectivity index (χ0) is 22.5. The first-order valence-electron chi connectivity index (χ1n) is 9.92. The lowest BCUT2D eigenvalue weighted by Crippen LogP contribution is -2.22. The van der Waals surface area contributed by atoms with Crippen LogP contribution in [-0.4, -0.2) is 48.9 Å². The molecule has 11 nitrogen and oxygen atoms in total. The summed E-state index contributed by atoms with van der Waals surface area (Å²) in [5, 5.41) is 18.1. The van der Waals surface area contributed by atoms with Gasteiger partial charge in [-0.05, 0) is 51.0 Å². The van der Waals surface area contributed by atoms with Crippen LogP contribution in [0.5, 0.6) is 0 Å². The number of hydrogen-bond donors (Lipinski definition) is 4. The van der Waals surface area contributed by atoms with Crippen molar-refractivity contribution in [1.29, 1.82) is 0 Å².